The standard InChI is InChI=1S/C25H29N5O6S/c1-23(2,3)25(22(32)33)11-10-24(12-13-26,15-36-25)30-18-9-14-27-21(31)19(18)20(29-30)28-16-5-7-17(8-6-16)37(4,34)35/h5-9,14H,10-12,15H2,1-4H3,(H,27,31)(H,28,29)(H,32,33)/t24-,25+/m1/s1. The Labute approximate surface area is 214 Å². The molecule has 0 radical (unpaired) electrons. The van der Waals surface area contributed by atoms with Crippen LogP contribution < -0.4 is 10.9 Å². The fourth-order valence-corrected chi connectivity index (χ4v) is 5.50. The summed E-state index contributed by atoms with van der Waals surface area (Å²) in [6.45, 7) is 5.32. The van der Waals surface area contributed by atoms with Gasteiger partial charge in [0.15, 0.2) is 21.3 Å². The largest absolute Gasteiger partial charge is 0.479 e. The van der Waals surface area contributed by atoms with Crippen LogP contribution in [0, 0.1) is 16.7 Å². The minimum atomic E-state index is -3.37. The zero-order valence-electron chi connectivity index (χ0n) is 21.0. The summed E-state index contributed by atoms with van der Waals surface area (Å²) < 4.78 is 31.3. The van der Waals surface area contributed by atoms with Crippen LogP contribution in [0.15, 0.2) is 46.2 Å². The highest BCUT2D eigenvalue weighted by molar-refractivity contribution is 7.90. The van der Waals surface area contributed by atoms with Crippen molar-refractivity contribution in [3.05, 3.63) is 46.9 Å². The number of carboxylic acid groups (broad SMARTS) is 1. The van der Waals surface area contributed by atoms with Gasteiger partial charge in [-0.1, -0.05) is 20.8 Å². The van der Waals surface area contributed by atoms with Crippen molar-refractivity contribution in [1.82, 2.24) is 14.8 Å². The molecule has 37 heavy (non-hydrogen) atoms. The highest BCUT2D eigenvalue weighted by Gasteiger charge is 2.56. The first-order chi connectivity index (χ1) is 17.2. The minimum absolute atomic E-state index is 0.0150. The molecular weight excluding hydrogens is 498 g/mol. The maximum Gasteiger partial charge on any atom is 0.336 e. The number of aromatic amines is 1. The lowest BCUT2D eigenvalue weighted by atomic mass is 9.69. The van der Waals surface area contributed by atoms with Crippen LogP contribution in [-0.4, -0.2) is 52.7 Å². The molecule has 3 heterocycles. The molecule has 0 spiro atoms. The molecule has 1 aliphatic rings. The molecule has 3 N–H and O–H groups in total. The third-order valence-electron chi connectivity index (χ3n) is 7.09. The van der Waals surface area contributed by atoms with Crippen LogP contribution in [0.3, 0.4) is 0 Å². The van der Waals surface area contributed by atoms with Gasteiger partial charge in [0.1, 0.15) is 5.39 Å². The number of H-pyrrole nitrogens is 1. The molecule has 1 saturated heterocycles. The molecule has 0 saturated carbocycles. The molecule has 0 amide bonds. The maximum absolute atomic E-state index is 12.9. The number of fused-ring (bicyclic) bond motifs is 1. The fraction of sp³-hybridized carbons (Fsp3) is 0.440. The molecule has 2 atom stereocenters. The number of aliphatic carboxylic acids is 1. The molecule has 2 aromatic heterocycles. The number of nitriles is 1. The number of carboxylic acids is 1. The molecule has 4 rings (SSSR count). The maximum atomic E-state index is 12.9. The SMILES string of the molecule is CC(C)(C)[C@@]1(C(=O)O)CC[C@](CC#N)(n2nc(Nc3ccc(S(C)(=O)=O)cc3)c3c(=O)[nH]ccc32)CO1. The number of carbonyl (C=O) groups is 1. The molecule has 0 unspecified atom stereocenters. The van der Waals surface area contributed by atoms with Crippen LogP contribution in [0.2, 0.25) is 0 Å². The van der Waals surface area contributed by atoms with Crippen LogP contribution in [-0.2, 0) is 24.9 Å². The third-order valence-corrected chi connectivity index (χ3v) is 8.22. The molecular formula is C25H29N5O6S. The summed E-state index contributed by atoms with van der Waals surface area (Å²) in [6.07, 6.45) is 3.01. The van der Waals surface area contributed by atoms with Crippen LogP contribution in [0.4, 0.5) is 11.5 Å². The number of nitrogens with one attached hydrogen (secondary N) is 2. The molecule has 11 nitrogen and oxygen atoms in total. The second-order valence-electron chi connectivity index (χ2n) is 10.5. The van der Waals surface area contributed by atoms with Crippen molar-refractivity contribution in [2.75, 3.05) is 18.2 Å². The van der Waals surface area contributed by atoms with Gasteiger partial charge in [0.2, 0.25) is 0 Å². The van der Waals surface area contributed by atoms with E-state index in [1.165, 1.54) is 18.3 Å². The van der Waals surface area contributed by atoms with E-state index in [4.69, 9.17) is 4.74 Å². The van der Waals surface area contributed by atoms with Crippen LogP contribution in [0.25, 0.3) is 10.9 Å². The number of hydrogen-bond donors (Lipinski definition) is 3. The number of rotatable bonds is 6. The Bertz CT molecular complexity index is 1550. The monoisotopic (exact) mass is 527 g/mol. The predicted molar refractivity (Wildman–Crippen MR) is 136 cm³/mol. The number of sulfone groups is 1. The average molecular weight is 528 g/mol. The smallest absolute Gasteiger partial charge is 0.336 e. The second kappa shape index (κ2) is 9.00. The first kappa shape index (κ1) is 26.4. The number of ether oxygens (including phenoxy) is 1. The predicted octanol–water partition coefficient (Wildman–Crippen LogP) is 3.16. The summed E-state index contributed by atoms with van der Waals surface area (Å²) >= 11 is 0. The molecule has 1 fully saturated rings. The zero-order chi connectivity index (χ0) is 27.2. The number of hydrogen-bond acceptors (Lipinski definition) is 8. The van der Waals surface area contributed by atoms with E-state index >= 15 is 0 Å². The zero-order valence-corrected chi connectivity index (χ0v) is 21.8. The van der Waals surface area contributed by atoms with Gasteiger partial charge in [-0.25, -0.2) is 13.2 Å². The van der Waals surface area contributed by atoms with E-state index in [2.05, 4.69) is 21.5 Å². The van der Waals surface area contributed by atoms with Gasteiger partial charge in [0.25, 0.3) is 5.56 Å². The summed E-state index contributed by atoms with van der Waals surface area (Å²) in [4.78, 5) is 27.9. The topological polar surface area (TPSA) is 167 Å². The van der Waals surface area contributed by atoms with E-state index in [-0.39, 0.29) is 42.0 Å². The fourth-order valence-electron chi connectivity index (χ4n) is 4.87. The van der Waals surface area contributed by atoms with Gasteiger partial charge < -0.3 is 20.1 Å². The van der Waals surface area contributed by atoms with E-state index in [1.807, 2.05) is 0 Å². The highest BCUT2D eigenvalue weighted by atomic mass is 32.2. The third kappa shape index (κ3) is 4.49. The van der Waals surface area contributed by atoms with Crippen molar-refractivity contribution in [3.63, 3.8) is 0 Å². The summed E-state index contributed by atoms with van der Waals surface area (Å²) in [7, 11) is -3.37. The van der Waals surface area contributed by atoms with E-state index in [1.54, 1.807) is 43.7 Å². The van der Waals surface area contributed by atoms with E-state index in [0.29, 0.717) is 11.2 Å². The summed E-state index contributed by atoms with van der Waals surface area (Å²) in [5, 5.41) is 27.7. The summed E-state index contributed by atoms with van der Waals surface area (Å²) in [5.74, 6) is -0.848. The quantitative estimate of drug-likeness (QED) is 0.436. The molecule has 0 bridgehead atoms. The van der Waals surface area contributed by atoms with Crippen LogP contribution in [0.1, 0.15) is 40.0 Å². The van der Waals surface area contributed by atoms with E-state index < -0.39 is 37.9 Å². The Kier molecular flexibility index (Phi) is 6.42. The van der Waals surface area contributed by atoms with Crippen molar-refractivity contribution in [1.29, 1.82) is 5.26 Å². The van der Waals surface area contributed by atoms with Gasteiger partial charge in [0.05, 0.1) is 35.0 Å². The Morgan fingerprint density at radius 3 is 2.46 bits per heavy atom. The molecule has 1 aliphatic heterocycles. The van der Waals surface area contributed by atoms with Crippen molar-refractivity contribution in [2.24, 2.45) is 5.41 Å². The molecule has 1 aromatic carbocycles. The van der Waals surface area contributed by atoms with Crippen molar-refractivity contribution < 1.29 is 23.1 Å². The first-order valence-electron chi connectivity index (χ1n) is 11.7. The lowest BCUT2D eigenvalue weighted by molar-refractivity contribution is -0.206. The van der Waals surface area contributed by atoms with Gasteiger partial charge >= 0.3 is 5.97 Å². The van der Waals surface area contributed by atoms with Crippen molar-refractivity contribution in [2.45, 2.75) is 56.1 Å². The Hall–Kier alpha value is -3.69. The van der Waals surface area contributed by atoms with Crippen LogP contribution in [0.5, 0.6) is 0 Å². The Balaban J connectivity index is 1.80. The van der Waals surface area contributed by atoms with Gasteiger partial charge in [-0.05, 0) is 43.2 Å². The number of nitrogens with zero attached hydrogens (tertiary/aromatic N) is 3. The van der Waals surface area contributed by atoms with Crippen molar-refractivity contribution in [3.8, 4) is 6.07 Å². The summed E-state index contributed by atoms with van der Waals surface area (Å²) in [6, 6.07) is 9.88. The first-order valence-corrected chi connectivity index (χ1v) is 13.6. The molecule has 196 valence electrons. The molecule has 3 aromatic rings. The number of aromatic nitrogens is 3. The normalized spacial score (nSPS) is 22.5. The van der Waals surface area contributed by atoms with Gasteiger partial charge in [-0.15, -0.1) is 0 Å². The average Bonchev–Trinajstić information content (AvgIpc) is 3.19. The summed E-state index contributed by atoms with van der Waals surface area (Å²) in [5.41, 5.74) is -2.59. The van der Waals surface area contributed by atoms with E-state index in [9.17, 15) is 28.4 Å². The van der Waals surface area contributed by atoms with Gasteiger partial charge in [-0.2, -0.15) is 10.4 Å². The lowest BCUT2D eigenvalue weighted by Gasteiger charge is -2.49. The minimum Gasteiger partial charge on any atom is -0.479 e. The Morgan fingerprint density at radius 2 is 1.95 bits per heavy atom. The number of anilines is 2. The van der Waals surface area contributed by atoms with E-state index in [0.717, 1.165) is 6.26 Å². The second-order valence-corrected chi connectivity index (χ2v) is 12.5. The van der Waals surface area contributed by atoms with Gasteiger partial charge in [-0.3, -0.25) is 9.48 Å². The Morgan fingerprint density at radius 1 is 1.27 bits per heavy atom. The number of pyridine rings is 1. The molecule has 12 heteroatoms. The number of benzene rings is 1. The van der Waals surface area contributed by atoms with Crippen molar-refractivity contribution >= 4 is 38.2 Å². The van der Waals surface area contributed by atoms with Gasteiger partial charge in [0, 0.05) is 23.6 Å². The highest BCUT2D eigenvalue weighted by Crippen LogP contribution is 2.47. The molecule has 0 aliphatic carbocycles. The van der Waals surface area contributed by atoms with Crippen LogP contribution >= 0.6 is 0 Å². The lowest BCUT2D eigenvalue weighted by Crippen LogP contribution is -2.59.